The number of halogens is 1. The second kappa shape index (κ2) is 4.14. The zero-order valence-corrected chi connectivity index (χ0v) is 9.93. The summed E-state index contributed by atoms with van der Waals surface area (Å²) in [6.45, 7) is 3.58. The minimum Gasteiger partial charge on any atom is -0.382 e. The summed E-state index contributed by atoms with van der Waals surface area (Å²) >= 11 is 3.27. The molecule has 0 amide bonds. The van der Waals surface area contributed by atoms with E-state index in [0.717, 1.165) is 10.7 Å². The first-order valence-corrected chi connectivity index (χ1v) is 6.35. The van der Waals surface area contributed by atoms with Crippen LogP contribution in [0.4, 0.5) is 0 Å². The number of hydrogen-bond donors (Lipinski definition) is 0. The van der Waals surface area contributed by atoms with Gasteiger partial charge in [-0.15, -0.1) is 0 Å². The van der Waals surface area contributed by atoms with E-state index in [2.05, 4.69) is 22.5 Å². The molecule has 76 valence electrons. The highest BCUT2D eigenvalue weighted by molar-refractivity contribution is 9.10. The molecule has 0 atom stereocenters. The topological polar surface area (TPSA) is 43.4 Å². The van der Waals surface area contributed by atoms with E-state index in [4.69, 9.17) is 4.18 Å². The van der Waals surface area contributed by atoms with Gasteiger partial charge in [0.25, 0.3) is 0 Å². The van der Waals surface area contributed by atoms with Crippen molar-refractivity contribution in [3.05, 3.63) is 34.8 Å². The van der Waals surface area contributed by atoms with Gasteiger partial charge in [-0.1, -0.05) is 34.7 Å². The highest BCUT2D eigenvalue weighted by Crippen LogP contribution is 2.28. The van der Waals surface area contributed by atoms with E-state index >= 15 is 0 Å². The Morgan fingerprint density at radius 1 is 1.50 bits per heavy atom. The van der Waals surface area contributed by atoms with Gasteiger partial charge in [-0.25, -0.2) is 0 Å². The number of benzene rings is 1. The van der Waals surface area contributed by atoms with Gasteiger partial charge in [-0.3, -0.25) is 0 Å². The average Bonchev–Trinajstić information content (AvgIpc) is 2.01. The van der Waals surface area contributed by atoms with Gasteiger partial charge in [0.15, 0.2) is 5.75 Å². The van der Waals surface area contributed by atoms with Crippen molar-refractivity contribution in [3.63, 3.8) is 0 Å². The molecular weight excluding hydrogens is 268 g/mol. The first kappa shape index (κ1) is 11.3. The second-order valence-corrected chi connectivity index (χ2v) is 5.07. The van der Waals surface area contributed by atoms with Crippen LogP contribution in [0.25, 0.3) is 6.08 Å². The van der Waals surface area contributed by atoms with Crippen LogP contribution in [-0.4, -0.2) is 14.7 Å². The lowest BCUT2D eigenvalue weighted by Gasteiger charge is -2.07. The van der Waals surface area contributed by atoms with E-state index in [0.29, 0.717) is 5.56 Å². The van der Waals surface area contributed by atoms with Crippen LogP contribution < -0.4 is 4.18 Å². The van der Waals surface area contributed by atoms with Crippen molar-refractivity contribution in [1.82, 2.24) is 0 Å². The predicted molar refractivity (Wildman–Crippen MR) is 59.7 cm³/mol. The molecule has 0 fully saturated rings. The fraction of sp³-hybridized carbons (Fsp3) is 0.111. The Morgan fingerprint density at radius 2 is 2.14 bits per heavy atom. The van der Waals surface area contributed by atoms with E-state index in [9.17, 15) is 8.42 Å². The van der Waals surface area contributed by atoms with Crippen molar-refractivity contribution in [3.8, 4) is 5.75 Å². The Morgan fingerprint density at radius 3 is 2.64 bits per heavy atom. The van der Waals surface area contributed by atoms with Crippen molar-refractivity contribution >= 4 is 32.1 Å². The van der Waals surface area contributed by atoms with Crippen molar-refractivity contribution < 1.29 is 12.6 Å². The fourth-order valence-electron chi connectivity index (χ4n) is 0.951. The Kier molecular flexibility index (Phi) is 3.34. The quantitative estimate of drug-likeness (QED) is 0.797. The maximum absolute atomic E-state index is 10.9. The molecule has 0 N–H and O–H groups in total. The van der Waals surface area contributed by atoms with Gasteiger partial charge >= 0.3 is 10.1 Å². The average molecular weight is 277 g/mol. The molecule has 0 saturated carbocycles. The van der Waals surface area contributed by atoms with Gasteiger partial charge in [0.1, 0.15) is 0 Å². The molecule has 0 aliphatic rings. The predicted octanol–water partition coefficient (Wildman–Crippen LogP) is 2.43. The molecule has 1 aromatic rings. The lowest BCUT2D eigenvalue weighted by molar-refractivity contribution is 0.492. The van der Waals surface area contributed by atoms with E-state index in [1.54, 1.807) is 18.2 Å². The first-order chi connectivity index (χ1) is 6.44. The monoisotopic (exact) mass is 276 g/mol. The third kappa shape index (κ3) is 2.85. The summed E-state index contributed by atoms with van der Waals surface area (Å²) in [5.41, 5.74) is 0.623. The molecule has 0 aliphatic heterocycles. The number of rotatable bonds is 3. The lowest BCUT2D eigenvalue weighted by Crippen LogP contribution is -2.06. The highest BCUT2D eigenvalue weighted by Gasteiger charge is 2.09. The Bertz CT molecular complexity index is 451. The van der Waals surface area contributed by atoms with E-state index < -0.39 is 10.1 Å². The standard InChI is InChI=1S/C9H9BrO3S/c1-3-7-8(10)5-4-6-9(7)13-14(2,11)12/h3-6H,1H2,2H3. The van der Waals surface area contributed by atoms with E-state index in [1.165, 1.54) is 6.08 Å². The van der Waals surface area contributed by atoms with Gasteiger partial charge in [-0.2, -0.15) is 8.42 Å². The summed E-state index contributed by atoms with van der Waals surface area (Å²) in [5, 5.41) is 0. The summed E-state index contributed by atoms with van der Waals surface area (Å²) in [7, 11) is -3.50. The van der Waals surface area contributed by atoms with Gasteiger partial charge in [0, 0.05) is 10.0 Å². The summed E-state index contributed by atoms with van der Waals surface area (Å²) in [5.74, 6) is 0.275. The summed E-state index contributed by atoms with van der Waals surface area (Å²) in [6.07, 6.45) is 2.53. The molecule has 1 aromatic carbocycles. The van der Waals surface area contributed by atoms with Gasteiger partial charge in [0.2, 0.25) is 0 Å². The van der Waals surface area contributed by atoms with E-state index in [1.807, 2.05) is 0 Å². The van der Waals surface area contributed by atoms with Gasteiger partial charge in [-0.05, 0) is 12.1 Å². The molecule has 0 unspecified atom stereocenters. The fourth-order valence-corrected chi connectivity index (χ4v) is 1.93. The maximum atomic E-state index is 10.9. The molecule has 0 heterocycles. The summed E-state index contributed by atoms with van der Waals surface area (Å²) in [6, 6.07) is 5.05. The maximum Gasteiger partial charge on any atom is 0.306 e. The van der Waals surface area contributed by atoms with Crippen LogP contribution in [0.2, 0.25) is 0 Å². The van der Waals surface area contributed by atoms with Crippen LogP contribution in [0.5, 0.6) is 5.75 Å². The van der Waals surface area contributed by atoms with E-state index in [-0.39, 0.29) is 5.75 Å². The van der Waals surface area contributed by atoms with Crippen LogP contribution in [0.3, 0.4) is 0 Å². The zero-order chi connectivity index (χ0) is 10.8. The molecule has 0 aromatic heterocycles. The molecule has 0 saturated heterocycles. The van der Waals surface area contributed by atoms with Crippen LogP contribution in [-0.2, 0) is 10.1 Å². The van der Waals surface area contributed by atoms with Gasteiger partial charge < -0.3 is 4.18 Å². The van der Waals surface area contributed by atoms with Crippen LogP contribution in [0.1, 0.15) is 5.56 Å². The molecular formula is C9H9BrO3S. The van der Waals surface area contributed by atoms with Crippen molar-refractivity contribution in [1.29, 1.82) is 0 Å². The minimum atomic E-state index is -3.50. The molecule has 0 aliphatic carbocycles. The van der Waals surface area contributed by atoms with Crippen molar-refractivity contribution in [2.24, 2.45) is 0 Å². The Labute approximate surface area is 91.7 Å². The zero-order valence-electron chi connectivity index (χ0n) is 7.53. The normalized spacial score (nSPS) is 11.0. The van der Waals surface area contributed by atoms with Crippen LogP contribution in [0.15, 0.2) is 29.3 Å². The third-order valence-corrected chi connectivity index (χ3v) is 2.63. The lowest BCUT2D eigenvalue weighted by atomic mass is 10.2. The molecule has 0 spiro atoms. The molecule has 3 nitrogen and oxygen atoms in total. The Balaban J connectivity index is 3.21. The largest absolute Gasteiger partial charge is 0.382 e. The highest BCUT2D eigenvalue weighted by atomic mass is 79.9. The Hall–Kier alpha value is -0.810. The molecule has 0 radical (unpaired) electrons. The molecule has 0 bridgehead atoms. The summed E-state index contributed by atoms with van der Waals surface area (Å²) in [4.78, 5) is 0. The molecule has 5 heteroatoms. The molecule has 14 heavy (non-hydrogen) atoms. The van der Waals surface area contributed by atoms with Crippen LogP contribution >= 0.6 is 15.9 Å². The smallest absolute Gasteiger partial charge is 0.306 e. The summed E-state index contributed by atoms with van der Waals surface area (Å²) < 4.78 is 27.3. The van der Waals surface area contributed by atoms with Crippen molar-refractivity contribution in [2.45, 2.75) is 0 Å². The SMILES string of the molecule is C=Cc1c(Br)cccc1OS(C)(=O)=O. The van der Waals surface area contributed by atoms with Crippen molar-refractivity contribution in [2.75, 3.05) is 6.26 Å². The second-order valence-electron chi connectivity index (χ2n) is 2.64. The first-order valence-electron chi connectivity index (χ1n) is 3.74. The van der Waals surface area contributed by atoms with Crippen LogP contribution in [0, 0.1) is 0 Å². The third-order valence-electron chi connectivity index (χ3n) is 1.46. The molecule has 1 rings (SSSR count). The van der Waals surface area contributed by atoms with Gasteiger partial charge in [0.05, 0.1) is 6.26 Å². The minimum absolute atomic E-state index is 0.275. The number of hydrogen-bond acceptors (Lipinski definition) is 3.